The molecule has 51 heavy (non-hydrogen) atoms. The molecule has 8 aromatic carbocycles. The van der Waals surface area contributed by atoms with E-state index in [4.69, 9.17) is 4.42 Å². The molecule has 0 amide bonds. The van der Waals surface area contributed by atoms with Gasteiger partial charge in [-0.1, -0.05) is 158 Å². The molecular formula is C48H34N2O. The minimum atomic E-state index is -0.0799. The van der Waals surface area contributed by atoms with E-state index in [9.17, 15) is 0 Å². The smallest absolute Gasteiger partial charge is 0.143 e. The summed E-state index contributed by atoms with van der Waals surface area (Å²) in [5.41, 5.74) is 11.0. The molecule has 2 unspecified atom stereocenters. The number of furan rings is 1. The van der Waals surface area contributed by atoms with Crippen LogP contribution in [-0.4, -0.2) is 0 Å². The van der Waals surface area contributed by atoms with Gasteiger partial charge in [0.05, 0.1) is 6.04 Å². The Hall–Kier alpha value is -6.42. The normalized spacial score (nSPS) is 16.0. The first-order chi connectivity index (χ1) is 25.3. The lowest BCUT2D eigenvalue weighted by Crippen LogP contribution is -2.39. The molecular weight excluding hydrogens is 621 g/mol. The molecule has 9 aromatic rings. The third-order valence-corrected chi connectivity index (χ3v) is 10.4. The lowest BCUT2D eigenvalue weighted by Gasteiger charge is -2.33. The maximum atomic E-state index is 6.89. The van der Waals surface area contributed by atoms with Crippen molar-refractivity contribution in [2.45, 2.75) is 12.2 Å². The zero-order valence-corrected chi connectivity index (χ0v) is 27.9. The summed E-state index contributed by atoms with van der Waals surface area (Å²) >= 11 is 0. The molecule has 0 radical (unpaired) electrons. The van der Waals surface area contributed by atoms with Crippen molar-refractivity contribution in [2.75, 3.05) is 0 Å². The van der Waals surface area contributed by atoms with Crippen molar-refractivity contribution in [3.05, 3.63) is 199 Å². The Bertz CT molecular complexity index is 2740. The molecule has 0 saturated carbocycles. The second-order valence-electron chi connectivity index (χ2n) is 13.4. The predicted molar refractivity (Wildman–Crippen MR) is 212 cm³/mol. The van der Waals surface area contributed by atoms with Gasteiger partial charge in [0.25, 0.3) is 0 Å². The molecule has 1 aliphatic heterocycles. The average molecular weight is 655 g/mol. The Balaban J connectivity index is 1.16. The molecule has 2 heterocycles. The molecule has 0 bridgehead atoms. The molecule has 3 nitrogen and oxygen atoms in total. The van der Waals surface area contributed by atoms with Gasteiger partial charge in [-0.25, -0.2) is 0 Å². The van der Waals surface area contributed by atoms with Gasteiger partial charge in [-0.2, -0.15) is 0 Å². The highest BCUT2D eigenvalue weighted by Crippen LogP contribution is 2.44. The zero-order valence-electron chi connectivity index (χ0n) is 27.9. The van der Waals surface area contributed by atoms with Crippen LogP contribution in [0.1, 0.15) is 28.9 Å². The van der Waals surface area contributed by atoms with Crippen LogP contribution in [0.5, 0.6) is 0 Å². The quantitative estimate of drug-likeness (QED) is 0.194. The maximum Gasteiger partial charge on any atom is 0.143 e. The van der Waals surface area contributed by atoms with Gasteiger partial charge < -0.3 is 9.73 Å². The molecule has 0 spiro atoms. The fourth-order valence-corrected chi connectivity index (χ4v) is 7.79. The number of nitrogens with one attached hydrogen (secondary N) is 2. The minimum Gasteiger partial charge on any atom is -0.455 e. The molecule has 0 aliphatic carbocycles. The second-order valence-corrected chi connectivity index (χ2v) is 13.4. The van der Waals surface area contributed by atoms with Crippen molar-refractivity contribution >= 4 is 49.2 Å². The van der Waals surface area contributed by atoms with E-state index < -0.39 is 0 Å². The Labute approximate surface area is 296 Å². The molecule has 2 N–H and O–H groups in total. The summed E-state index contributed by atoms with van der Waals surface area (Å²) in [7, 11) is 0. The summed E-state index contributed by atoms with van der Waals surface area (Å²) in [4.78, 5) is 0. The Morgan fingerprint density at radius 2 is 1.08 bits per heavy atom. The van der Waals surface area contributed by atoms with E-state index in [0.717, 1.165) is 44.3 Å². The van der Waals surface area contributed by atoms with Crippen LogP contribution in [0.25, 0.3) is 71.4 Å². The van der Waals surface area contributed by atoms with Gasteiger partial charge in [-0.05, 0) is 73.6 Å². The largest absolute Gasteiger partial charge is 0.455 e. The molecule has 0 saturated heterocycles. The van der Waals surface area contributed by atoms with E-state index >= 15 is 0 Å². The van der Waals surface area contributed by atoms with E-state index in [1.165, 1.54) is 43.8 Å². The topological polar surface area (TPSA) is 37.2 Å². The van der Waals surface area contributed by atoms with Crippen molar-refractivity contribution < 1.29 is 4.42 Å². The van der Waals surface area contributed by atoms with Crippen molar-refractivity contribution in [2.24, 2.45) is 0 Å². The van der Waals surface area contributed by atoms with Crippen LogP contribution in [0.3, 0.4) is 0 Å². The maximum absolute atomic E-state index is 6.89. The molecule has 10 rings (SSSR count). The third kappa shape index (κ3) is 5.18. The van der Waals surface area contributed by atoms with Crippen LogP contribution < -0.4 is 10.6 Å². The number of rotatable bonds is 5. The monoisotopic (exact) mass is 654 g/mol. The molecule has 242 valence electrons. The highest BCUT2D eigenvalue weighted by molar-refractivity contribution is 6.23. The number of benzene rings is 8. The summed E-state index contributed by atoms with van der Waals surface area (Å²) < 4.78 is 6.89. The van der Waals surface area contributed by atoms with Gasteiger partial charge in [0.1, 0.15) is 17.3 Å². The first-order valence-electron chi connectivity index (χ1n) is 17.6. The van der Waals surface area contributed by atoms with Crippen LogP contribution in [0.4, 0.5) is 0 Å². The molecule has 1 aliphatic rings. The molecule has 2 atom stereocenters. The minimum absolute atomic E-state index is 0.0138. The van der Waals surface area contributed by atoms with Gasteiger partial charge in [-0.15, -0.1) is 0 Å². The highest BCUT2D eigenvalue weighted by Gasteiger charge is 2.27. The van der Waals surface area contributed by atoms with E-state index in [-0.39, 0.29) is 12.2 Å². The van der Waals surface area contributed by atoms with Gasteiger partial charge >= 0.3 is 0 Å². The standard InChI is InChI=1S/C48H34N2O/c1-3-13-35(14-4-1)42-30-43(50-48(49-42)36-15-5-2-6-16-36)41-27-26-40(47-46(41)45-39-18-10-9-12-33(39)25-28-44(45)51-47)34-22-19-32(20-23-34)38-24-21-31-11-7-8-17-37(31)29-38/h1-30,42,48-50H. The lowest BCUT2D eigenvalue weighted by atomic mass is 9.92. The Morgan fingerprint density at radius 1 is 0.451 bits per heavy atom. The lowest BCUT2D eigenvalue weighted by molar-refractivity contribution is 0.443. The van der Waals surface area contributed by atoms with Crippen molar-refractivity contribution in [3.8, 4) is 22.3 Å². The molecule has 3 heteroatoms. The van der Waals surface area contributed by atoms with Crippen molar-refractivity contribution in [1.29, 1.82) is 0 Å². The van der Waals surface area contributed by atoms with Crippen LogP contribution >= 0.6 is 0 Å². The SMILES string of the molecule is C1=C(c2ccc(-c3ccc(-c4ccc5ccccc5c4)cc3)c3oc4ccc5ccccc5c4c23)NC(c2ccccc2)NC1c1ccccc1. The predicted octanol–water partition coefficient (Wildman–Crippen LogP) is 12.2. The van der Waals surface area contributed by atoms with Crippen LogP contribution in [0, 0.1) is 0 Å². The summed E-state index contributed by atoms with van der Waals surface area (Å²) in [5.74, 6) is 0. The summed E-state index contributed by atoms with van der Waals surface area (Å²) in [5, 5.41) is 14.9. The number of fused-ring (bicyclic) bond motifs is 6. The van der Waals surface area contributed by atoms with E-state index in [1.54, 1.807) is 0 Å². The number of hydrogen-bond donors (Lipinski definition) is 2. The van der Waals surface area contributed by atoms with Crippen LogP contribution in [-0.2, 0) is 0 Å². The van der Waals surface area contributed by atoms with Crippen LogP contribution in [0.15, 0.2) is 186 Å². The summed E-state index contributed by atoms with van der Waals surface area (Å²) in [6.07, 6.45) is 2.25. The van der Waals surface area contributed by atoms with Crippen LogP contribution in [0.2, 0.25) is 0 Å². The Morgan fingerprint density at radius 3 is 1.88 bits per heavy atom. The van der Waals surface area contributed by atoms with Gasteiger partial charge in [-0.3, -0.25) is 5.32 Å². The first-order valence-corrected chi connectivity index (χ1v) is 17.6. The molecule has 1 aromatic heterocycles. The van der Waals surface area contributed by atoms with Gasteiger partial charge in [0, 0.05) is 27.6 Å². The van der Waals surface area contributed by atoms with E-state index in [0.29, 0.717) is 0 Å². The zero-order chi connectivity index (χ0) is 33.7. The number of hydrogen-bond acceptors (Lipinski definition) is 3. The molecule has 0 fully saturated rings. The van der Waals surface area contributed by atoms with Gasteiger partial charge in [0.15, 0.2) is 0 Å². The fraction of sp³-hybridized carbons (Fsp3) is 0.0417. The Kier molecular flexibility index (Phi) is 7.04. The third-order valence-electron chi connectivity index (χ3n) is 10.4. The first kappa shape index (κ1) is 29.5. The van der Waals surface area contributed by atoms with Gasteiger partial charge in [0.2, 0.25) is 0 Å². The highest BCUT2D eigenvalue weighted by atomic mass is 16.3. The average Bonchev–Trinajstić information content (AvgIpc) is 3.61. The fourth-order valence-electron chi connectivity index (χ4n) is 7.79. The van der Waals surface area contributed by atoms with E-state index in [1.807, 2.05) is 0 Å². The summed E-state index contributed by atoms with van der Waals surface area (Å²) in [6, 6.07) is 62.8. The van der Waals surface area contributed by atoms with E-state index in [2.05, 4.69) is 193 Å². The van der Waals surface area contributed by atoms with Crippen molar-refractivity contribution in [3.63, 3.8) is 0 Å². The summed E-state index contributed by atoms with van der Waals surface area (Å²) in [6.45, 7) is 0. The van der Waals surface area contributed by atoms with Crippen molar-refractivity contribution in [1.82, 2.24) is 10.6 Å². The second kappa shape index (κ2) is 12.2.